The van der Waals surface area contributed by atoms with Crippen molar-refractivity contribution in [3.8, 4) is 0 Å². The second-order valence-corrected chi connectivity index (χ2v) is 8.95. The zero-order chi connectivity index (χ0) is 17.4. The highest BCUT2D eigenvalue weighted by atomic mass is 32.2. The highest BCUT2D eigenvalue weighted by Gasteiger charge is 2.53. The topological polar surface area (TPSA) is 66.4 Å². The number of benzene rings is 2. The maximum Gasteiger partial charge on any atom is 0.347 e. The van der Waals surface area contributed by atoms with E-state index in [2.05, 4.69) is 9.48 Å². The van der Waals surface area contributed by atoms with Gasteiger partial charge in [0.05, 0.1) is 24.6 Å². The maximum atomic E-state index is 12.2. The summed E-state index contributed by atoms with van der Waals surface area (Å²) in [7, 11) is -3.03. The van der Waals surface area contributed by atoms with Crippen LogP contribution in [0.4, 0.5) is 0 Å². The lowest BCUT2D eigenvalue weighted by Gasteiger charge is -2.18. The minimum atomic E-state index is -3.03. The van der Waals surface area contributed by atoms with Gasteiger partial charge in [0, 0.05) is 0 Å². The van der Waals surface area contributed by atoms with E-state index in [1.165, 1.54) is 0 Å². The molecule has 1 fully saturated rings. The van der Waals surface area contributed by atoms with Gasteiger partial charge >= 0.3 is 5.96 Å². The van der Waals surface area contributed by atoms with Crippen LogP contribution in [0.15, 0.2) is 60.7 Å². The summed E-state index contributed by atoms with van der Waals surface area (Å²) in [6.45, 7) is 1.27. The van der Waals surface area contributed by atoms with Gasteiger partial charge in [-0.2, -0.15) is 0 Å². The molecule has 4 rings (SSSR count). The average Bonchev–Trinajstić information content (AvgIpc) is 3.03. The molecule has 0 saturated carbocycles. The fourth-order valence-corrected chi connectivity index (χ4v) is 5.85. The third-order valence-corrected chi connectivity index (χ3v) is 6.77. The van der Waals surface area contributed by atoms with Crippen LogP contribution in [-0.4, -0.2) is 47.4 Å². The van der Waals surface area contributed by atoms with Gasteiger partial charge in [-0.25, -0.2) is 8.42 Å². The molecule has 2 aromatic rings. The highest BCUT2D eigenvalue weighted by Crippen LogP contribution is 2.28. The summed E-state index contributed by atoms with van der Waals surface area (Å²) in [5.74, 6) is 1.03. The monoisotopic (exact) mass is 356 g/mol. The minimum Gasteiger partial charge on any atom is -0.291 e. The van der Waals surface area contributed by atoms with Crippen LogP contribution in [0.2, 0.25) is 0 Å². The van der Waals surface area contributed by atoms with Gasteiger partial charge in [0.2, 0.25) is 0 Å². The molecule has 5 nitrogen and oxygen atoms in total. The molecular weight excluding hydrogens is 334 g/mol. The van der Waals surface area contributed by atoms with Crippen LogP contribution >= 0.6 is 0 Å². The Morgan fingerprint density at radius 2 is 1.56 bits per heavy atom. The Bertz CT molecular complexity index is 895. The molecule has 2 aromatic carbocycles. The molecule has 25 heavy (non-hydrogen) atoms. The third kappa shape index (κ3) is 3.14. The lowest BCUT2D eigenvalue weighted by molar-refractivity contribution is -0.569. The number of nitrogens with two attached hydrogens (primary N) is 1. The van der Waals surface area contributed by atoms with E-state index in [9.17, 15) is 8.42 Å². The number of hydrogen-bond acceptors (Lipinski definition) is 4. The highest BCUT2D eigenvalue weighted by molar-refractivity contribution is 7.91. The van der Waals surface area contributed by atoms with Crippen LogP contribution < -0.4 is 5.73 Å². The van der Waals surface area contributed by atoms with Crippen molar-refractivity contribution in [3.05, 3.63) is 71.8 Å². The standard InChI is InChI=1S/C19H21N3O2S/c20-19-21(11-15-7-3-1-4-8-15)17-13-25(23,24)14-18(17)22(19)12-16-9-5-2-6-10-16/h1-10,17-18,20H,11-14H2/p+1/t17-,18-/m0/s1. The number of hydrogen-bond donors (Lipinski definition) is 1. The Morgan fingerprint density at radius 3 is 2.20 bits per heavy atom. The van der Waals surface area contributed by atoms with Crippen molar-refractivity contribution < 1.29 is 13.0 Å². The molecular formula is C19H22N3O2S+. The lowest BCUT2D eigenvalue weighted by Crippen LogP contribution is -2.42. The van der Waals surface area contributed by atoms with Gasteiger partial charge in [0.25, 0.3) is 0 Å². The number of sulfone groups is 1. The number of rotatable bonds is 4. The van der Waals surface area contributed by atoms with E-state index in [4.69, 9.17) is 5.73 Å². The molecule has 0 bridgehead atoms. The van der Waals surface area contributed by atoms with E-state index in [0.717, 1.165) is 11.1 Å². The first-order valence-corrected chi connectivity index (χ1v) is 10.3. The molecule has 2 N–H and O–H groups in total. The number of fused-ring (bicyclic) bond motifs is 1. The second kappa shape index (κ2) is 6.19. The van der Waals surface area contributed by atoms with Crippen LogP contribution in [0.25, 0.3) is 0 Å². The van der Waals surface area contributed by atoms with Crippen LogP contribution in [0, 0.1) is 0 Å². The summed E-state index contributed by atoms with van der Waals surface area (Å²) in [5, 5.41) is 0. The predicted molar refractivity (Wildman–Crippen MR) is 97.8 cm³/mol. The number of guanidine groups is 1. The first-order chi connectivity index (χ1) is 12.0. The molecule has 0 spiro atoms. The fraction of sp³-hybridized carbons (Fsp3) is 0.316. The van der Waals surface area contributed by atoms with Gasteiger partial charge in [-0.1, -0.05) is 60.7 Å². The Morgan fingerprint density at radius 1 is 0.960 bits per heavy atom. The first-order valence-electron chi connectivity index (χ1n) is 8.47. The molecule has 1 saturated heterocycles. The smallest absolute Gasteiger partial charge is 0.291 e. The van der Waals surface area contributed by atoms with Crippen LogP contribution in [-0.2, 0) is 22.9 Å². The van der Waals surface area contributed by atoms with E-state index in [-0.39, 0.29) is 23.6 Å². The molecule has 0 aromatic heterocycles. The molecule has 6 heteroatoms. The Hall–Kier alpha value is -2.34. The molecule has 0 unspecified atom stereocenters. The minimum absolute atomic E-state index is 0.0751. The summed E-state index contributed by atoms with van der Waals surface area (Å²) in [6.07, 6.45) is 0. The van der Waals surface area contributed by atoms with Crippen molar-refractivity contribution in [1.29, 1.82) is 0 Å². The molecule has 0 amide bonds. The SMILES string of the molecule is NC1=[N+](Cc2ccccc2)[C@H]2CS(=O)(=O)C[C@@H]2N1Cc1ccccc1. The quantitative estimate of drug-likeness (QED) is 0.836. The average molecular weight is 356 g/mol. The van der Waals surface area contributed by atoms with E-state index in [1.54, 1.807) is 0 Å². The van der Waals surface area contributed by atoms with Gasteiger partial charge in [-0.05, 0) is 11.1 Å². The molecule has 0 aliphatic carbocycles. The fourth-order valence-electron chi connectivity index (χ4n) is 3.87. The van der Waals surface area contributed by atoms with Gasteiger partial charge < -0.3 is 0 Å². The predicted octanol–water partition coefficient (Wildman–Crippen LogP) is 1.20. The van der Waals surface area contributed by atoms with Gasteiger partial charge in [0.15, 0.2) is 9.84 Å². The van der Waals surface area contributed by atoms with Crippen LogP contribution in [0.1, 0.15) is 11.1 Å². The molecule has 2 aliphatic rings. The summed E-state index contributed by atoms with van der Waals surface area (Å²) < 4.78 is 26.5. The molecule has 130 valence electrons. The van der Waals surface area contributed by atoms with Gasteiger partial charge in [0.1, 0.15) is 12.1 Å². The second-order valence-electron chi connectivity index (χ2n) is 6.80. The molecule has 0 radical (unpaired) electrons. The van der Waals surface area contributed by atoms with E-state index in [0.29, 0.717) is 19.0 Å². The number of nitrogens with zero attached hydrogens (tertiary/aromatic N) is 2. The Balaban J connectivity index is 1.67. The maximum absolute atomic E-state index is 12.2. The third-order valence-electron chi connectivity index (χ3n) is 5.07. The largest absolute Gasteiger partial charge is 0.347 e. The van der Waals surface area contributed by atoms with Crippen molar-refractivity contribution in [2.75, 3.05) is 11.5 Å². The summed E-state index contributed by atoms with van der Waals surface area (Å²) in [6, 6.07) is 20.0. The first kappa shape index (κ1) is 16.1. The summed E-state index contributed by atoms with van der Waals surface area (Å²) >= 11 is 0. The molecule has 2 atom stereocenters. The lowest BCUT2D eigenvalue weighted by atomic mass is 10.1. The summed E-state index contributed by atoms with van der Waals surface area (Å²) in [4.78, 5) is 2.06. The van der Waals surface area contributed by atoms with E-state index >= 15 is 0 Å². The zero-order valence-electron chi connectivity index (χ0n) is 14.0. The van der Waals surface area contributed by atoms with Gasteiger partial charge in [-0.15, -0.1) is 0 Å². The summed E-state index contributed by atoms with van der Waals surface area (Å²) in [5.41, 5.74) is 8.74. The van der Waals surface area contributed by atoms with E-state index < -0.39 is 9.84 Å². The molecule has 2 heterocycles. The van der Waals surface area contributed by atoms with Crippen molar-refractivity contribution in [2.45, 2.75) is 25.2 Å². The van der Waals surface area contributed by atoms with Crippen molar-refractivity contribution in [1.82, 2.24) is 4.90 Å². The van der Waals surface area contributed by atoms with Crippen molar-refractivity contribution in [3.63, 3.8) is 0 Å². The van der Waals surface area contributed by atoms with E-state index in [1.807, 2.05) is 60.7 Å². The Labute approximate surface area is 148 Å². The molecule has 2 aliphatic heterocycles. The van der Waals surface area contributed by atoms with Gasteiger partial charge in [-0.3, -0.25) is 15.2 Å². The van der Waals surface area contributed by atoms with Crippen molar-refractivity contribution >= 4 is 15.8 Å². The zero-order valence-corrected chi connectivity index (χ0v) is 14.8. The van der Waals surface area contributed by atoms with Crippen LogP contribution in [0.5, 0.6) is 0 Å². The van der Waals surface area contributed by atoms with Crippen LogP contribution in [0.3, 0.4) is 0 Å². The normalized spacial score (nSPS) is 24.6. The van der Waals surface area contributed by atoms with Crippen molar-refractivity contribution in [2.24, 2.45) is 5.73 Å². The Kier molecular flexibility index (Phi) is 4.00.